The molecule has 0 aliphatic heterocycles. The average Bonchev–Trinajstić information content (AvgIpc) is 2.23. The molecule has 1 aromatic carbocycles. The van der Waals surface area contributed by atoms with Gasteiger partial charge in [-0.2, -0.15) is 0 Å². The molecule has 0 saturated heterocycles. The lowest BCUT2D eigenvalue weighted by atomic mass is 9.77. The molecule has 0 spiro atoms. The van der Waals surface area contributed by atoms with Gasteiger partial charge in [-0.25, -0.2) is 4.39 Å². The summed E-state index contributed by atoms with van der Waals surface area (Å²) < 4.78 is 19.2. The zero-order valence-electron chi connectivity index (χ0n) is 11.0. The van der Waals surface area contributed by atoms with Gasteiger partial charge in [0, 0.05) is 10.6 Å². The average molecular weight is 271 g/mol. The van der Waals surface area contributed by atoms with E-state index in [4.69, 9.17) is 16.3 Å². The van der Waals surface area contributed by atoms with Crippen LogP contribution in [-0.4, -0.2) is 6.10 Å². The summed E-state index contributed by atoms with van der Waals surface area (Å²) in [6.45, 7) is 4.77. The van der Waals surface area contributed by atoms with Crippen molar-refractivity contribution in [2.75, 3.05) is 0 Å². The van der Waals surface area contributed by atoms with Crippen molar-refractivity contribution >= 4 is 11.6 Å². The fourth-order valence-electron chi connectivity index (χ4n) is 2.54. The highest BCUT2D eigenvalue weighted by Crippen LogP contribution is 2.35. The Bertz CT molecular complexity index is 379. The van der Waals surface area contributed by atoms with Crippen molar-refractivity contribution in [1.29, 1.82) is 0 Å². The molecule has 1 aliphatic carbocycles. The molecule has 0 aromatic heterocycles. The highest BCUT2D eigenvalue weighted by Gasteiger charge is 2.30. The van der Waals surface area contributed by atoms with Crippen LogP contribution in [-0.2, 0) is 11.3 Å². The molecule has 2 rings (SSSR count). The first kappa shape index (κ1) is 13.8. The molecule has 0 heterocycles. The largest absolute Gasteiger partial charge is 0.373 e. The Balaban J connectivity index is 1.77. The molecule has 1 aromatic rings. The number of rotatable bonds is 5. The third kappa shape index (κ3) is 3.46. The quantitative estimate of drug-likeness (QED) is 0.745. The minimum Gasteiger partial charge on any atom is -0.373 e. The van der Waals surface area contributed by atoms with E-state index < -0.39 is 0 Å². The van der Waals surface area contributed by atoms with Gasteiger partial charge in [-0.3, -0.25) is 0 Å². The second-order valence-corrected chi connectivity index (χ2v) is 6.01. The monoisotopic (exact) mass is 270 g/mol. The Kier molecular flexibility index (Phi) is 4.63. The van der Waals surface area contributed by atoms with E-state index in [1.165, 1.54) is 12.5 Å². The van der Waals surface area contributed by atoms with Gasteiger partial charge >= 0.3 is 0 Å². The molecule has 0 atom stereocenters. The number of hydrogen-bond acceptors (Lipinski definition) is 1. The van der Waals surface area contributed by atoms with Crippen LogP contribution in [0.1, 0.15) is 38.7 Å². The van der Waals surface area contributed by atoms with E-state index in [2.05, 4.69) is 13.8 Å². The second-order valence-electron chi connectivity index (χ2n) is 5.60. The van der Waals surface area contributed by atoms with Gasteiger partial charge in [0.05, 0.1) is 12.7 Å². The lowest BCUT2D eigenvalue weighted by Crippen LogP contribution is -2.32. The number of benzene rings is 1. The molecule has 0 unspecified atom stereocenters. The molecule has 0 amide bonds. The first-order valence-corrected chi connectivity index (χ1v) is 6.98. The van der Waals surface area contributed by atoms with Crippen LogP contribution < -0.4 is 0 Å². The maximum atomic E-state index is 13.5. The summed E-state index contributed by atoms with van der Waals surface area (Å²) in [5.74, 6) is 1.25. The van der Waals surface area contributed by atoms with Crippen molar-refractivity contribution in [2.45, 2.75) is 45.8 Å². The summed E-state index contributed by atoms with van der Waals surface area (Å²) in [5, 5.41) is 0.452. The van der Waals surface area contributed by atoms with E-state index in [0.29, 0.717) is 10.6 Å². The van der Waals surface area contributed by atoms with Crippen molar-refractivity contribution in [3.8, 4) is 0 Å². The molecule has 0 bridgehead atoms. The summed E-state index contributed by atoms with van der Waals surface area (Å²) >= 11 is 5.95. The van der Waals surface area contributed by atoms with Gasteiger partial charge in [-0.1, -0.05) is 31.5 Å². The Hall–Kier alpha value is -0.600. The molecule has 1 aliphatic rings. The summed E-state index contributed by atoms with van der Waals surface area (Å²) in [4.78, 5) is 0. The zero-order valence-corrected chi connectivity index (χ0v) is 11.7. The predicted octanol–water partition coefficient (Wildman–Crippen LogP) is 4.82. The van der Waals surface area contributed by atoms with Crippen LogP contribution in [0.2, 0.25) is 5.02 Å². The summed E-state index contributed by atoms with van der Waals surface area (Å²) in [5.41, 5.74) is 0.478. The van der Waals surface area contributed by atoms with E-state index in [-0.39, 0.29) is 18.5 Å². The van der Waals surface area contributed by atoms with Gasteiger partial charge < -0.3 is 4.74 Å². The summed E-state index contributed by atoms with van der Waals surface area (Å²) in [6, 6.07) is 4.74. The zero-order chi connectivity index (χ0) is 13.1. The van der Waals surface area contributed by atoms with Crippen molar-refractivity contribution in [3.05, 3.63) is 34.6 Å². The minimum absolute atomic E-state index is 0.277. The van der Waals surface area contributed by atoms with Gasteiger partial charge in [-0.05, 0) is 43.2 Å². The summed E-state index contributed by atoms with van der Waals surface area (Å²) in [7, 11) is 0. The Morgan fingerprint density at radius 1 is 1.39 bits per heavy atom. The van der Waals surface area contributed by atoms with Crippen molar-refractivity contribution in [1.82, 2.24) is 0 Å². The molecular formula is C15H20ClFO. The smallest absolute Gasteiger partial charge is 0.130 e. The van der Waals surface area contributed by atoms with E-state index in [0.717, 1.165) is 24.7 Å². The molecule has 100 valence electrons. The third-order valence-corrected chi connectivity index (χ3v) is 3.88. The van der Waals surface area contributed by atoms with E-state index in [9.17, 15) is 4.39 Å². The van der Waals surface area contributed by atoms with E-state index in [1.807, 2.05) is 0 Å². The standard InChI is InChI=1S/C15H20ClFO/c1-10(2)6-11-7-12(8-11)18-9-13-14(16)4-3-5-15(13)17/h3-5,10-12H,6-9H2,1-2H3. The van der Waals surface area contributed by atoms with Crippen LogP contribution in [0.25, 0.3) is 0 Å². The van der Waals surface area contributed by atoms with E-state index >= 15 is 0 Å². The van der Waals surface area contributed by atoms with Crippen molar-refractivity contribution in [2.24, 2.45) is 11.8 Å². The molecule has 1 nitrogen and oxygen atoms in total. The SMILES string of the molecule is CC(C)CC1CC(OCc2c(F)cccc2Cl)C1. The maximum Gasteiger partial charge on any atom is 0.130 e. The molecule has 1 fully saturated rings. The van der Waals surface area contributed by atoms with Crippen LogP contribution in [0.3, 0.4) is 0 Å². The van der Waals surface area contributed by atoms with Crippen LogP contribution in [0, 0.1) is 17.7 Å². The molecule has 0 N–H and O–H groups in total. The summed E-state index contributed by atoms with van der Waals surface area (Å²) in [6.07, 6.45) is 3.75. The van der Waals surface area contributed by atoms with Crippen LogP contribution in [0.4, 0.5) is 4.39 Å². The van der Waals surface area contributed by atoms with E-state index in [1.54, 1.807) is 12.1 Å². The molecule has 0 radical (unpaired) electrons. The molecule has 3 heteroatoms. The third-order valence-electron chi connectivity index (χ3n) is 3.52. The molecule has 1 saturated carbocycles. The second kappa shape index (κ2) is 6.03. The minimum atomic E-state index is -0.277. The van der Waals surface area contributed by atoms with Crippen LogP contribution in [0.15, 0.2) is 18.2 Å². The Morgan fingerprint density at radius 3 is 2.72 bits per heavy atom. The van der Waals surface area contributed by atoms with Gasteiger partial charge in [0.2, 0.25) is 0 Å². The highest BCUT2D eigenvalue weighted by molar-refractivity contribution is 6.31. The lowest BCUT2D eigenvalue weighted by Gasteiger charge is -2.36. The first-order chi connectivity index (χ1) is 8.56. The Labute approximate surface area is 113 Å². The first-order valence-electron chi connectivity index (χ1n) is 6.60. The predicted molar refractivity (Wildman–Crippen MR) is 72.2 cm³/mol. The lowest BCUT2D eigenvalue weighted by molar-refractivity contribution is -0.0455. The van der Waals surface area contributed by atoms with Gasteiger partial charge in [0.1, 0.15) is 5.82 Å². The maximum absolute atomic E-state index is 13.5. The number of hydrogen-bond donors (Lipinski definition) is 0. The molecule has 18 heavy (non-hydrogen) atoms. The van der Waals surface area contributed by atoms with Crippen molar-refractivity contribution in [3.63, 3.8) is 0 Å². The molecular weight excluding hydrogens is 251 g/mol. The van der Waals surface area contributed by atoms with Gasteiger partial charge in [0.15, 0.2) is 0 Å². The fourth-order valence-corrected chi connectivity index (χ4v) is 2.76. The van der Waals surface area contributed by atoms with Crippen LogP contribution in [0.5, 0.6) is 0 Å². The highest BCUT2D eigenvalue weighted by atomic mass is 35.5. The van der Waals surface area contributed by atoms with Gasteiger partial charge in [-0.15, -0.1) is 0 Å². The fraction of sp³-hybridized carbons (Fsp3) is 0.600. The Morgan fingerprint density at radius 2 is 2.11 bits per heavy atom. The topological polar surface area (TPSA) is 9.23 Å². The normalized spacial score (nSPS) is 23.2. The van der Waals surface area contributed by atoms with Crippen molar-refractivity contribution < 1.29 is 9.13 Å². The van der Waals surface area contributed by atoms with Crippen LogP contribution >= 0.6 is 11.6 Å². The number of ether oxygens (including phenoxy) is 1. The number of halogens is 2. The van der Waals surface area contributed by atoms with Gasteiger partial charge in [0.25, 0.3) is 0 Å².